The highest BCUT2D eigenvalue weighted by Crippen LogP contribution is 2.31. The first-order valence-electron chi connectivity index (χ1n) is 12.8. The molecule has 1 aliphatic rings. The van der Waals surface area contributed by atoms with Crippen LogP contribution in [0.3, 0.4) is 0 Å². The predicted molar refractivity (Wildman–Crippen MR) is 139 cm³/mol. The van der Waals surface area contributed by atoms with Crippen LogP contribution in [0.15, 0.2) is 48.8 Å². The van der Waals surface area contributed by atoms with E-state index in [1.807, 2.05) is 70.3 Å². The van der Waals surface area contributed by atoms with Gasteiger partial charge in [-0.05, 0) is 89.3 Å². The van der Waals surface area contributed by atoms with Gasteiger partial charge in [0, 0.05) is 24.2 Å². The number of aliphatic hydroxyl groups excluding tert-OH is 1. The van der Waals surface area contributed by atoms with Crippen LogP contribution in [0.5, 0.6) is 5.75 Å². The Kier molecular flexibility index (Phi) is 8.21. The number of aliphatic hydroxyl groups is 1. The molecule has 0 spiro atoms. The minimum absolute atomic E-state index is 0.0212. The van der Waals surface area contributed by atoms with Crippen LogP contribution >= 0.6 is 0 Å². The molecule has 0 atom stereocenters. The highest BCUT2D eigenvalue weighted by molar-refractivity contribution is 5.98. The van der Waals surface area contributed by atoms with Crippen molar-refractivity contribution in [1.29, 1.82) is 0 Å². The van der Waals surface area contributed by atoms with Crippen molar-refractivity contribution in [1.82, 2.24) is 14.8 Å². The average molecular weight is 492 g/mol. The maximum atomic E-state index is 13.0. The lowest BCUT2D eigenvalue weighted by Gasteiger charge is -2.24. The summed E-state index contributed by atoms with van der Waals surface area (Å²) in [5, 5.41) is 14.2. The number of benzene rings is 1. The van der Waals surface area contributed by atoms with Crippen LogP contribution in [0, 0.1) is 6.92 Å². The SMILES string of the molecule is Cc1c(C(=O)Cc2ccc(C3CCC(O)CC3)nc2)cnn1-c1ccc(OCCOC(C)(C)C)cc1. The van der Waals surface area contributed by atoms with Crippen molar-refractivity contribution in [2.24, 2.45) is 0 Å². The Morgan fingerprint density at radius 2 is 1.75 bits per heavy atom. The number of rotatable bonds is 9. The number of ether oxygens (including phenoxy) is 2. The van der Waals surface area contributed by atoms with E-state index in [-0.39, 0.29) is 23.9 Å². The largest absolute Gasteiger partial charge is 0.491 e. The van der Waals surface area contributed by atoms with Crippen molar-refractivity contribution in [2.45, 2.75) is 77.4 Å². The molecule has 1 aromatic carbocycles. The molecule has 192 valence electrons. The van der Waals surface area contributed by atoms with E-state index >= 15 is 0 Å². The summed E-state index contributed by atoms with van der Waals surface area (Å²) in [5.41, 5.74) is 4.05. The Balaban J connectivity index is 1.34. The van der Waals surface area contributed by atoms with Crippen molar-refractivity contribution >= 4 is 5.78 Å². The lowest BCUT2D eigenvalue weighted by molar-refractivity contribution is -0.0163. The molecular weight excluding hydrogens is 454 g/mol. The van der Waals surface area contributed by atoms with Crippen molar-refractivity contribution in [2.75, 3.05) is 13.2 Å². The Hall–Kier alpha value is -3.03. The van der Waals surface area contributed by atoms with E-state index in [1.165, 1.54) is 0 Å². The zero-order valence-electron chi connectivity index (χ0n) is 21.7. The lowest BCUT2D eigenvalue weighted by atomic mass is 9.85. The van der Waals surface area contributed by atoms with Gasteiger partial charge in [-0.3, -0.25) is 9.78 Å². The summed E-state index contributed by atoms with van der Waals surface area (Å²) < 4.78 is 13.2. The molecular formula is C29H37N3O4. The molecule has 36 heavy (non-hydrogen) atoms. The maximum Gasteiger partial charge on any atom is 0.170 e. The van der Waals surface area contributed by atoms with Crippen molar-refractivity contribution in [3.8, 4) is 11.4 Å². The second-order valence-electron chi connectivity index (χ2n) is 10.6. The van der Waals surface area contributed by atoms with E-state index in [0.29, 0.717) is 24.7 Å². The molecule has 0 unspecified atom stereocenters. The van der Waals surface area contributed by atoms with Crippen LogP contribution in [-0.2, 0) is 11.2 Å². The predicted octanol–water partition coefficient (Wildman–Crippen LogP) is 5.21. The van der Waals surface area contributed by atoms with Gasteiger partial charge in [-0.2, -0.15) is 5.10 Å². The summed E-state index contributed by atoms with van der Waals surface area (Å²) in [6, 6.07) is 11.7. The summed E-state index contributed by atoms with van der Waals surface area (Å²) in [6.45, 7) is 8.97. The molecule has 7 nitrogen and oxygen atoms in total. The Bertz CT molecular complexity index is 1140. The molecule has 0 aliphatic heterocycles. The molecule has 3 aromatic rings. The van der Waals surface area contributed by atoms with E-state index < -0.39 is 0 Å². The van der Waals surface area contributed by atoms with Crippen LogP contribution in [0.25, 0.3) is 5.69 Å². The highest BCUT2D eigenvalue weighted by atomic mass is 16.5. The standard InChI is InChI=1S/C29H37N3O4/c1-20-26(28(34)17-21-5-14-27(30-18-21)22-6-10-24(33)11-7-22)19-31-32(20)23-8-12-25(13-9-23)35-15-16-36-29(2,3)4/h5,8-9,12-14,18-19,22,24,33H,6-7,10-11,15-17H2,1-4H3. The Labute approximate surface area is 213 Å². The highest BCUT2D eigenvalue weighted by Gasteiger charge is 2.22. The molecule has 0 saturated heterocycles. The maximum absolute atomic E-state index is 13.0. The van der Waals surface area contributed by atoms with Gasteiger partial charge >= 0.3 is 0 Å². The monoisotopic (exact) mass is 491 g/mol. The van der Waals surface area contributed by atoms with Gasteiger partial charge in [-0.15, -0.1) is 0 Å². The van der Waals surface area contributed by atoms with E-state index in [0.717, 1.165) is 54.1 Å². The molecule has 2 heterocycles. The first-order chi connectivity index (χ1) is 17.2. The zero-order chi connectivity index (χ0) is 25.7. The lowest BCUT2D eigenvalue weighted by Crippen LogP contribution is -2.22. The first kappa shape index (κ1) is 26.0. The third kappa shape index (κ3) is 6.80. The Morgan fingerprint density at radius 1 is 1.03 bits per heavy atom. The summed E-state index contributed by atoms with van der Waals surface area (Å²) >= 11 is 0. The minimum atomic E-state index is -0.180. The number of carbonyl (C=O) groups is 1. The summed E-state index contributed by atoms with van der Waals surface area (Å²) in [4.78, 5) is 17.7. The number of hydrogen-bond acceptors (Lipinski definition) is 6. The fourth-order valence-electron chi connectivity index (χ4n) is 4.57. The van der Waals surface area contributed by atoms with Gasteiger partial charge < -0.3 is 14.6 Å². The fraction of sp³-hybridized carbons (Fsp3) is 0.483. The fourth-order valence-corrected chi connectivity index (χ4v) is 4.57. The van der Waals surface area contributed by atoms with Gasteiger partial charge in [-0.1, -0.05) is 6.07 Å². The van der Waals surface area contributed by atoms with E-state index in [4.69, 9.17) is 9.47 Å². The van der Waals surface area contributed by atoms with Crippen LogP contribution in [0.1, 0.15) is 79.7 Å². The molecule has 0 bridgehead atoms. The third-order valence-electron chi connectivity index (χ3n) is 6.61. The topological polar surface area (TPSA) is 86.5 Å². The summed E-state index contributed by atoms with van der Waals surface area (Å²) in [5.74, 6) is 1.18. The zero-order valence-corrected chi connectivity index (χ0v) is 21.7. The second kappa shape index (κ2) is 11.4. The van der Waals surface area contributed by atoms with Crippen molar-refractivity contribution in [3.63, 3.8) is 0 Å². The smallest absolute Gasteiger partial charge is 0.170 e. The van der Waals surface area contributed by atoms with E-state index in [1.54, 1.807) is 10.9 Å². The molecule has 2 aromatic heterocycles. The van der Waals surface area contributed by atoms with Gasteiger partial charge in [0.25, 0.3) is 0 Å². The number of pyridine rings is 1. The molecule has 0 radical (unpaired) electrons. The van der Waals surface area contributed by atoms with Crippen molar-refractivity contribution in [3.05, 3.63) is 71.3 Å². The van der Waals surface area contributed by atoms with Crippen LogP contribution in [-0.4, -0.2) is 50.6 Å². The number of hydrogen-bond donors (Lipinski definition) is 1. The second-order valence-corrected chi connectivity index (χ2v) is 10.6. The quantitative estimate of drug-likeness (QED) is 0.326. The van der Waals surface area contributed by atoms with Crippen molar-refractivity contribution < 1.29 is 19.4 Å². The number of aromatic nitrogens is 3. The Morgan fingerprint density at radius 3 is 2.39 bits per heavy atom. The van der Waals surface area contributed by atoms with E-state index in [2.05, 4.69) is 10.1 Å². The average Bonchev–Trinajstić information content (AvgIpc) is 3.24. The minimum Gasteiger partial charge on any atom is -0.491 e. The molecule has 0 amide bonds. The summed E-state index contributed by atoms with van der Waals surface area (Å²) in [6.07, 6.45) is 7.15. The molecule has 1 fully saturated rings. The van der Waals surface area contributed by atoms with Gasteiger partial charge in [0.1, 0.15) is 12.4 Å². The van der Waals surface area contributed by atoms with E-state index in [9.17, 15) is 9.90 Å². The number of nitrogens with zero attached hydrogens (tertiary/aromatic N) is 3. The van der Waals surface area contributed by atoms with Gasteiger partial charge in [0.2, 0.25) is 0 Å². The normalized spacial score (nSPS) is 18.2. The van der Waals surface area contributed by atoms with Crippen LogP contribution in [0.2, 0.25) is 0 Å². The third-order valence-corrected chi connectivity index (χ3v) is 6.61. The number of carbonyl (C=O) groups excluding carboxylic acids is 1. The first-order valence-corrected chi connectivity index (χ1v) is 12.8. The van der Waals surface area contributed by atoms with Gasteiger partial charge in [0.05, 0.1) is 41.5 Å². The number of Topliss-reactive ketones (excluding diaryl/α,β-unsaturated/α-hetero) is 1. The molecule has 7 heteroatoms. The molecule has 1 aliphatic carbocycles. The molecule has 4 rings (SSSR count). The number of ketones is 1. The van der Waals surface area contributed by atoms with Crippen LogP contribution < -0.4 is 4.74 Å². The van der Waals surface area contributed by atoms with Gasteiger partial charge in [-0.25, -0.2) is 4.68 Å². The molecule has 1 saturated carbocycles. The van der Waals surface area contributed by atoms with Gasteiger partial charge in [0.15, 0.2) is 5.78 Å². The summed E-state index contributed by atoms with van der Waals surface area (Å²) in [7, 11) is 0. The molecule has 1 N–H and O–H groups in total. The van der Waals surface area contributed by atoms with Crippen LogP contribution in [0.4, 0.5) is 0 Å².